The standard InChI is InChI=1S/C59H100N6O18/c1-27(2)24-38-46(66)60-35(17)51(71)81-43(32(11)12)49(69)64-42(31(9)10)55(75)79-39(25-28(3)4)47(67)62-37(19)53(73)83-59(23,34(15)16)57(77)65-45(58(20,21)22)56(76)80-40(26-29(5)6)48(68)61-36(18)52(72)82-44(33(13)14)50(70)63-41(30(7)8)54(74)78-38/h27-45H,24-26H2,1-23H3,(H,60,66)(H,61,68)(H,62,67)(H,63,70)(H,64,69)(H,65,77)/t35-,36-,37-,38-,39-,40-,41+,42+,43+,44+,45-,59?/m1/s1. The molecule has 0 radical (unpaired) electrons. The molecule has 1 aliphatic heterocycles. The van der Waals surface area contributed by atoms with Gasteiger partial charge in [0.25, 0.3) is 35.4 Å². The summed E-state index contributed by atoms with van der Waals surface area (Å²) in [5, 5.41) is 15.3. The fourth-order valence-electron chi connectivity index (χ4n) is 8.17. The second kappa shape index (κ2) is 32.6. The number of amides is 6. The molecule has 1 aliphatic rings. The van der Waals surface area contributed by atoms with Crippen LogP contribution in [0.2, 0.25) is 0 Å². The average Bonchev–Trinajstić information content (AvgIpc) is 3.45. The van der Waals surface area contributed by atoms with E-state index >= 15 is 0 Å². The van der Waals surface area contributed by atoms with Crippen LogP contribution in [0.4, 0.5) is 0 Å². The molecule has 0 spiro atoms. The minimum Gasteiger partial charge on any atom is -0.451 e. The third-order valence-corrected chi connectivity index (χ3v) is 13.7. The van der Waals surface area contributed by atoms with Gasteiger partial charge in [0.1, 0.15) is 36.3 Å². The molecule has 12 atom stereocenters. The Morgan fingerprint density at radius 3 is 0.952 bits per heavy atom. The molecule has 24 heteroatoms. The Morgan fingerprint density at radius 1 is 0.386 bits per heavy atom. The number of hydrogen-bond acceptors (Lipinski definition) is 18. The van der Waals surface area contributed by atoms with E-state index in [1.807, 2.05) is 0 Å². The fraction of sp³-hybridized carbons (Fsp3) is 0.797. The number of cyclic esters (lactones) is 6. The van der Waals surface area contributed by atoms with Crippen LogP contribution in [0.15, 0.2) is 0 Å². The van der Waals surface area contributed by atoms with Crippen LogP contribution in [0.25, 0.3) is 0 Å². The molecule has 474 valence electrons. The summed E-state index contributed by atoms with van der Waals surface area (Å²) in [5.41, 5.74) is -3.09. The second-order valence-corrected chi connectivity index (χ2v) is 26.0. The number of carbonyl (C=O) groups is 12. The molecular formula is C59H100N6O18. The Bertz CT molecular complexity index is 2290. The molecule has 6 amide bonds. The van der Waals surface area contributed by atoms with Gasteiger partial charge in [-0.25, -0.2) is 28.8 Å². The summed E-state index contributed by atoms with van der Waals surface area (Å²) in [6.45, 7) is 36.5. The van der Waals surface area contributed by atoms with E-state index in [0.717, 1.165) is 0 Å². The molecule has 0 aromatic heterocycles. The first kappa shape index (κ1) is 74.7. The van der Waals surface area contributed by atoms with Crippen LogP contribution in [-0.2, 0) is 86.0 Å². The largest absolute Gasteiger partial charge is 0.451 e. The first-order valence-electron chi connectivity index (χ1n) is 29.0. The lowest BCUT2D eigenvalue weighted by atomic mass is 9.84. The lowest BCUT2D eigenvalue weighted by Crippen LogP contribution is -2.60. The van der Waals surface area contributed by atoms with Gasteiger partial charge in [0.05, 0.1) is 0 Å². The minimum atomic E-state index is -2.00. The molecule has 6 N–H and O–H groups in total. The molecule has 1 unspecified atom stereocenters. The lowest BCUT2D eigenvalue weighted by molar-refractivity contribution is -0.176. The molecule has 0 bridgehead atoms. The Hall–Kier alpha value is -6.36. The third-order valence-electron chi connectivity index (χ3n) is 13.7. The first-order valence-corrected chi connectivity index (χ1v) is 29.0. The van der Waals surface area contributed by atoms with Gasteiger partial charge in [-0.1, -0.05) is 132 Å². The van der Waals surface area contributed by atoms with Gasteiger partial charge in [-0.15, -0.1) is 0 Å². The van der Waals surface area contributed by atoms with Crippen molar-refractivity contribution in [3.63, 3.8) is 0 Å². The lowest BCUT2D eigenvalue weighted by Gasteiger charge is -2.37. The monoisotopic (exact) mass is 1180 g/mol. The molecule has 1 fully saturated rings. The molecule has 83 heavy (non-hydrogen) atoms. The highest BCUT2D eigenvalue weighted by molar-refractivity contribution is 5.96. The zero-order chi connectivity index (χ0) is 64.5. The number of hydrogen-bond donors (Lipinski definition) is 6. The van der Waals surface area contributed by atoms with E-state index in [1.54, 1.807) is 132 Å². The van der Waals surface area contributed by atoms with E-state index < -0.39 is 179 Å². The number of rotatable bonds is 11. The van der Waals surface area contributed by atoms with Gasteiger partial charge in [-0.2, -0.15) is 0 Å². The summed E-state index contributed by atoms with van der Waals surface area (Å²) in [6, 6.07) is -8.58. The van der Waals surface area contributed by atoms with Crippen LogP contribution in [0.5, 0.6) is 0 Å². The van der Waals surface area contributed by atoms with Gasteiger partial charge in [0.2, 0.25) is 0 Å². The molecule has 0 aliphatic carbocycles. The maximum absolute atomic E-state index is 14.4. The van der Waals surface area contributed by atoms with Crippen LogP contribution in [-0.4, -0.2) is 144 Å². The van der Waals surface area contributed by atoms with Crippen molar-refractivity contribution in [2.75, 3.05) is 0 Å². The van der Waals surface area contributed by atoms with Gasteiger partial charge in [-0.05, 0) is 93.8 Å². The molecule has 24 nitrogen and oxygen atoms in total. The van der Waals surface area contributed by atoms with Crippen molar-refractivity contribution in [3.05, 3.63) is 0 Å². The molecule has 0 aromatic carbocycles. The van der Waals surface area contributed by atoms with Crippen LogP contribution in [0, 0.1) is 52.8 Å². The average molecular weight is 1180 g/mol. The number of esters is 6. The summed E-state index contributed by atoms with van der Waals surface area (Å²) in [5.74, 6) is -16.0. The van der Waals surface area contributed by atoms with E-state index in [1.165, 1.54) is 27.7 Å². The highest BCUT2D eigenvalue weighted by atomic mass is 16.6. The van der Waals surface area contributed by atoms with Gasteiger partial charge in [0.15, 0.2) is 36.1 Å². The SMILES string of the molecule is CC(C)C[C@H]1OC(=O)[C@H](C(C)C)NC(=O)[C@H](C(C)C)OC(=O)[C@@H](C)NC(=O)[C@@H](CC(C)C)OC(=O)[C@H](C(C)C)NC(=O)[C@H](C(C)C)OC(=O)[C@@H](C)NC(=O)[C@@H](CC(C)C)OC(=O)[C@H](C(C)(C)C)NC(=O)C(C)(C(C)C)OC(=O)[C@@H](C)NC1=O. The van der Waals surface area contributed by atoms with Crippen LogP contribution in [0.3, 0.4) is 0 Å². The maximum atomic E-state index is 14.4. The molecule has 0 saturated carbocycles. The topological polar surface area (TPSA) is 332 Å². The Kier molecular flexibility index (Phi) is 29.3. The van der Waals surface area contributed by atoms with Crippen molar-refractivity contribution < 1.29 is 86.0 Å². The van der Waals surface area contributed by atoms with Gasteiger partial charge >= 0.3 is 35.8 Å². The van der Waals surface area contributed by atoms with Crippen molar-refractivity contribution in [1.29, 1.82) is 0 Å². The van der Waals surface area contributed by atoms with Crippen molar-refractivity contribution in [2.24, 2.45) is 52.8 Å². The highest BCUT2D eigenvalue weighted by Gasteiger charge is 2.47. The Labute approximate surface area is 491 Å². The zero-order valence-corrected chi connectivity index (χ0v) is 53.4. The fourth-order valence-corrected chi connectivity index (χ4v) is 8.17. The number of nitrogens with one attached hydrogen (secondary N) is 6. The smallest absolute Gasteiger partial charge is 0.329 e. The predicted octanol–water partition coefficient (Wildman–Crippen LogP) is 4.29. The first-order chi connectivity index (χ1) is 38.0. The van der Waals surface area contributed by atoms with Crippen LogP contribution < -0.4 is 31.9 Å². The zero-order valence-electron chi connectivity index (χ0n) is 53.4. The summed E-state index contributed by atoms with van der Waals surface area (Å²) in [7, 11) is 0. The van der Waals surface area contributed by atoms with Gasteiger partial charge < -0.3 is 60.3 Å². The van der Waals surface area contributed by atoms with Gasteiger partial charge in [-0.3, -0.25) is 28.8 Å². The normalized spacial score (nSPS) is 28.9. The van der Waals surface area contributed by atoms with E-state index in [2.05, 4.69) is 31.9 Å². The minimum absolute atomic E-state index is 0.0361. The van der Waals surface area contributed by atoms with E-state index in [9.17, 15) is 57.5 Å². The van der Waals surface area contributed by atoms with Crippen LogP contribution in [0.1, 0.15) is 179 Å². The van der Waals surface area contributed by atoms with Crippen molar-refractivity contribution in [1.82, 2.24) is 31.9 Å². The summed E-state index contributed by atoms with van der Waals surface area (Å²) < 4.78 is 34.5. The molecule has 1 rings (SSSR count). The molecule has 0 aromatic rings. The maximum Gasteiger partial charge on any atom is 0.329 e. The third kappa shape index (κ3) is 23.3. The summed E-state index contributed by atoms with van der Waals surface area (Å²) in [6.07, 6.45) is -7.73. The molecule has 1 saturated heterocycles. The van der Waals surface area contributed by atoms with E-state index in [0.29, 0.717) is 0 Å². The van der Waals surface area contributed by atoms with Crippen LogP contribution >= 0.6 is 0 Å². The second-order valence-electron chi connectivity index (χ2n) is 26.0. The van der Waals surface area contributed by atoms with Crippen molar-refractivity contribution in [3.8, 4) is 0 Å². The number of ether oxygens (including phenoxy) is 6. The van der Waals surface area contributed by atoms with Crippen molar-refractivity contribution in [2.45, 2.75) is 251 Å². The predicted molar refractivity (Wildman–Crippen MR) is 305 cm³/mol. The Balaban J connectivity index is 4.02. The van der Waals surface area contributed by atoms with Gasteiger partial charge in [0, 0.05) is 5.92 Å². The molecular weight excluding hydrogens is 1080 g/mol. The molecule has 1 heterocycles. The van der Waals surface area contributed by atoms with E-state index in [4.69, 9.17) is 28.4 Å². The summed E-state index contributed by atoms with van der Waals surface area (Å²) in [4.78, 5) is 168. The van der Waals surface area contributed by atoms with E-state index in [-0.39, 0.29) is 37.0 Å². The van der Waals surface area contributed by atoms with Crippen molar-refractivity contribution >= 4 is 71.3 Å². The Morgan fingerprint density at radius 2 is 0.687 bits per heavy atom. The number of carbonyl (C=O) groups excluding carboxylic acids is 12. The summed E-state index contributed by atoms with van der Waals surface area (Å²) >= 11 is 0. The highest BCUT2D eigenvalue weighted by Crippen LogP contribution is 2.28. The quantitative estimate of drug-likeness (QED) is 0.124.